The monoisotopic (exact) mass is 299 g/mol. The molecule has 0 saturated heterocycles. The molecule has 0 aliphatic rings. The lowest BCUT2D eigenvalue weighted by Crippen LogP contribution is -2.31. The van der Waals surface area contributed by atoms with Gasteiger partial charge in [0.15, 0.2) is 5.69 Å². The van der Waals surface area contributed by atoms with E-state index >= 15 is 0 Å². The average molecular weight is 300 g/mol. The summed E-state index contributed by atoms with van der Waals surface area (Å²) in [6.45, 7) is 0.454. The minimum atomic E-state index is -0.643. The Bertz CT molecular complexity index is 746. The smallest absolute Gasteiger partial charge is 0.297 e. The number of aromatic nitrogens is 5. The molecule has 4 N–H and O–H groups in total. The third-order valence-electron chi connectivity index (χ3n) is 2.44. The Kier molecular flexibility index (Phi) is 3.96. The van der Waals surface area contributed by atoms with E-state index in [1.807, 2.05) is 5.43 Å². The van der Waals surface area contributed by atoms with Crippen molar-refractivity contribution in [2.45, 2.75) is 13.1 Å². The Labute approximate surface area is 116 Å². The van der Waals surface area contributed by atoms with E-state index in [0.717, 1.165) is 0 Å². The Hall–Kier alpha value is -2.46. The fourth-order valence-electron chi connectivity index (χ4n) is 1.44. The average Bonchev–Trinajstić information content (AvgIpc) is 2.89. The van der Waals surface area contributed by atoms with Gasteiger partial charge in [0.05, 0.1) is 12.7 Å². The maximum atomic E-state index is 11.5. The number of halogens is 1. The zero-order chi connectivity index (χ0) is 14.7. The fourth-order valence-corrected chi connectivity index (χ4v) is 1.61. The minimum Gasteiger partial charge on any atom is -0.297 e. The predicted molar refractivity (Wildman–Crippen MR) is 68.0 cm³/mol. The molecule has 0 saturated carbocycles. The number of hydrazine groups is 1. The van der Waals surface area contributed by atoms with Crippen LogP contribution >= 0.6 is 11.6 Å². The highest BCUT2D eigenvalue weighted by molar-refractivity contribution is 6.30. The van der Waals surface area contributed by atoms with E-state index in [9.17, 15) is 14.4 Å². The van der Waals surface area contributed by atoms with E-state index < -0.39 is 17.2 Å². The number of nitrogen functional groups attached to an aromatic ring is 1. The minimum absolute atomic E-state index is 0.0550. The Morgan fingerprint density at radius 2 is 2.15 bits per heavy atom. The highest BCUT2D eigenvalue weighted by atomic mass is 35.5. The Morgan fingerprint density at radius 1 is 1.40 bits per heavy atom. The molecule has 0 aromatic carbocycles. The van der Waals surface area contributed by atoms with Crippen LogP contribution in [-0.2, 0) is 13.1 Å². The van der Waals surface area contributed by atoms with Crippen LogP contribution in [0.1, 0.15) is 10.5 Å². The number of rotatable bonds is 4. The summed E-state index contributed by atoms with van der Waals surface area (Å²) in [5, 5.41) is 7.21. The molecule has 2 aromatic rings. The van der Waals surface area contributed by atoms with Crippen molar-refractivity contribution in [3.8, 4) is 0 Å². The van der Waals surface area contributed by atoms with Gasteiger partial charge in [-0.3, -0.25) is 24.6 Å². The largest absolute Gasteiger partial charge is 0.328 e. The maximum Gasteiger partial charge on any atom is 0.328 e. The molecule has 0 atom stereocenters. The number of nitrogens with two attached hydrogens (primary N) is 1. The number of aromatic amines is 1. The normalized spacial score (nSPS) is 10.5. The number of carbonyl (C=O) groups is 1. The van der Waals surface area contributed by atoms with Crippen molar-refractivity contribution < 1.29 is 4.79 Å². The number of aryl methyl sites for hydroxylation is 2. The molecule has 2 aromatic heterocycles. The Morgan fingerprint density at radius 3 is 2.85 bits per heavy atom. The maximum absolute atomic E-state index is 11.5. The first kappa shape index (κ1) is 14.0. The summed E-state index contributed by atoms with van der Waals surface area (Å²) < 4.78 is 2.57. The number of nitrogens with one attached hydrogen (secondary N) is 2. The SMILES string of the molecule is NNC(=O)c1cn(CCn2cc(Cl)c(=O)[nH]c2=O)nn1. The van der Waals surface area contributed by atoms with E-state index in [1.165, 1.54) is 21.6 Å². The lowest BCUT2D eigenvalue weighted by atomic mass is 10.4. The molecule has 0 unspecified atom stereocenters. The number of nitrogens with zero attached hydrogens (tertiary/aromatic N) is 4. The highest BCUT2D eigenvalue weighted by Gasteiger charge is 2.09. The molecular weight excluding hydrogens is 290 g/mol. The van der Waals surface area contributed by atoms with Crippen LogP contribution in [0.15, 0.2) is 22.0 Å². The fraction of sp³-hybridized carbons (Fsp3) is 0.222. The van der Waals surface area contributed by atoms with Crippen LogP contribution in [-0.4, -0.2) is 30.5 Å². The molecule has 0 aliphatic heterocycles. The first-order valence-corrected chi connectivity index (χ1v) is 5.79. The van der Waals surface area contributed by atoms with Crippen molar-refractivity contribution in [2.24, 2.45) is 5.84 Å². The summed E-state index contributed by atoms with van der Waals surface area (Å²) in [4.78, 5) is 35.8. The molecule has 106 valence electrons. The predicted octanol–water partition coefficient (Wildman–Crippen LogP) is -1.91. The standard InChI is InChI=1S/C9H10ClN7O3/c10-5-3-16(9(20)12-7(5)18)1-2-17-4-6(14-15-17)8(19)13-11/h3-4H,1-2,11H2,(H,13,19)(H,12,18,20). The first-order valence-electron chi connectivity index (χ1n) is 5.41. The molecule has 2 rings (SSSR count). The van der Waals surface area contributed by atoms with Crippen LogP contribution in [0.25, 0.3) is 0 Å². The molecule has 0 bridgehead atoms. The van der Waals surface area contributed by atoms with Crippen molar-refractivity contribution in [1.29, 1.82) is 0 Å². The summed E-state index contributed by atoms with van der Waals surface area (Å²) in [5.74, 6) is 4.39. The van der Waals surface area contributed by atoms with E-state index in [1.54, 1.807) is 0 Å². The molecule has 11 heteroatoms. The molecule has 1 amide bonds. The third kappa shape index (κ3) is 2.92. The van der Waals surface area contributed by atoms with Crippen LogP contribution in [0.4, 0.5) is 0 Å². The van der Waals surface area contributed by atoms with Crippen molar-refractivity contribution >= 4 is 17.5 Å². The number of hydrogen-bond donors (Lipinski definition) is 3. The van der Waals surface area contributed by atoms with Crippen molar-refractivity contribution in [3.63, 3.8) is 0 Å². The highest BCUT2D eigenvalue weighted by Crippen LogP contribution is 1.97. The summed E-state index contributed by atoms with van der Waals surface area (Å²) in [5.41, 5.74) is 0.752. The molecule has 0 radical (unpaired) electrons. The lowest BCUT2D eigenvalue weighted by molar-refractivity contribution is 0.0948. The zero-order valence-corrected chi connectivity index (χ0v) is 10.8. The molecule has 10 nitrogen and oxygen atoms in total. The van der Waals surface area contributed by atoms with Gasteiger partial charge in [-0.1, -0.05) is 16.8 Å². The lowest BCUT2D eigenvalue weighted by Gasteiger charge is -2.04. The van der Waals surface area contributed by atoms with Gasteiger partial charge in [-0.05, 0) is 0 Å². The van der Waals surface area contributed by atoms with E-state index in [-0.39, 0.29) is 23.8 Å². The summed E-state index contributed by atoms with van der Waals surface area (Å²) in [6.07, 6.45) is 2.60. The van der Waals surface area contributed by atoms with Gasteiger partial charge in [0.25, 0.3) is 11.5 Å². The second-order valence-corrected chi connectivity index (χ2v) is 4.18. The topological polar surface area (TPSA) is 141 Å². The Balaban J connectivity index is 2.11. The van der Waals surface area contributed by atoms with Gasteiger partial charge >= 0.3 is 5.69 Å². The molecule has 2 heterocycles. The zero-order valence-electron chi connectivity index (χ0n) is 10.0. The van der Waals surface area contributed by atoms with Gasteiger partial charge < -0.3 is 0 Å². The van der Waals surface area contributed by atoms with Crippen LogP contribution in [0.2, 0.25) is 5.02 Å². The summed E-state index contributed by atoms with van der Waals surface area (Å²) in [6, 6.07) is 0. The molecular formula is C9H10ClN7O3. The molecule has 0 fully saturated rings. The number of hydrogen-bond acceptors (Lipinski definition) is 6. The van der Waals surface area contributed by atoms with Crippen LogP contribution < -0.4 is 22.5 Å². The van der Waals surface area contributed by atoms with Gasteiger partial charge in [-0.25, -0.2) is 15.3 Å². The second-order valence-electron chi connectivity index (χ2n) is 3.77. The second kappa shape index (κ2) is 5.67. The van der Waals surface area contributed by atoms with Gasteiger partial charge in [0.1, 0.15) is 5.02 Å². The van der Waals surface area contributed by atoms with Crippen LogP contribution in [0.5, 0.6) is 0 Å². The van der Waals surface area contributed by atoms with E-state index in [4.69, 9.17) is 17.4 Å². The number of carbonyl (C=O) groups excluding carboxylic acids is 1. The van der Waals surface area contributed by atoms with Gasteiger partial charge in [-0.2, -0.15) is 0 Å². The third-order valence-corrected chi connectivity index (χ3v) is 2.71. The van der Waals surface area contributed by atoms with E-state index in [2.05, 4.69) is 15.3 Å². The molecule has 20 heavy (non-hydrogen) atoms. The van der Waals surface area contributed by atoms with Crippen molar-refractivity contribution in [1.82, 2.24) is 30.0 Å². The van der Waals surface area contributed by atoms with Gasteiger partial charge in [0.2, 0.25) is 0 Å². The quantitative estimate of drug-likeness (QED) is 0.341. The number of H-pyrrole nitrogens is 1. The van der Waals surface area contributed by atoms with Crippen molar-refractivity contribution in [3.05, 3.63) is 43.9 Å². The van der Waals surface area contributed by atoms with Crippen LogP contribution in [0.3, 0.4) is 0 Å². The number of amides is 1. The van der Waals surface area contributed by atoms with Gasteiger partial charge in [0, 0.05) is 12.7 Å². The van der Waals surface area contributed by atoms with Gasteiger partial charge in [-0.15, -0.1) is 5.10 Å². The summed E-state index contributed by atoms with van der Waals surface area (Å²) >= 11 is 5.63. The molecule has 0 spiro atoms. The van der Waals surface area contributed by atoms with E-state index in [0.29, 0.717) is 0 Å². The molecule has 0 aliphatic carbocycles. The summed E-state index contributed by atoms with van der Waals surface area (Å²) in [7, 11) is 0. The van der Waals surface area contributed by atoms with Crippen molar-refractivity contribution in [2.75, 3.05) is 0 Å². The first-order chi connectivity index (χ1) is 9.51. The van der Waals surface area contributed by atoms with Crippen LogP contribution in [0, 0.1) is 0 Å².